The molecule has 14 heavy (non-hydrogen) atoms. The van der Waals surface area contributed by atoms with Gasteiger partial charge in [-0.15, -0.1) is 11.6 Å². The second kappa shape index (κ2) is 4.00. The third-order valence-corrected chi connectivity index (χ3v) is 2.05. The molecular formula is C9H6ClF3O. The van der Waals surface area contributed by atoms with Crippen LogP contribution in [0, 0.1) is 0 Å². The molecule has 0 radical (unpaired) electrons. The highest BCUT2D eigenvalue weighted by atomic mass is 35.5. The molecule has 0 heterocycles. The van der Waals surface area contributed by atoms with Crippen LogP contribution in [0.2, 0.25) is 0 Å². The van der Waals surface area contributed by atoms with E-state index in [1.807, 2.05) is 0 Å². The number of rotatable bonds is 2. The molecule has 1 nitrogen and oxygen atoms in total. The van der Waals surface area contributed by atoms with E-state index >= 15 is 0 Å². The van der Waals surface area contributed by atoms with E-state index in [1.165, 1.54) is 12.1 Å². The summed E-state index contributed by atoms with van der Waals surface area (Å²) in [4.78, 5) is 10.4. The van der Waals surface area contributed by atoms with Gasteiger partial charge in [0.25, 0.3) is 0 Å². The number of aldehydes is 1. The third kappa shape index (κ3) is 2.07. The standard InChI is InChI=1S/C9H6ClF3O/c10-4-7-6(5-14)2-1-3-8(7)9(11,12)13/h1-3,5H,4H2. The zero-order valence-electron chi connectivity index (χ0n) is 6.94. The Bertz CT molecular complexity index is 346. The number of halogens is 4. The van der Waals surface area contributed by atoms with Crippen LogP contribution in [0.1, 0.15) is 21.5 Å². The number of carbonyl (C=O) groups excluding carboxylic acids is 1. The highest BCUT2D eigenvalue weighted by molar-refractivity contribution is 6.17. The summed E-state index contributed by atoms with van der Waals surface area (Å²) < 4.78 is 37.1. The van der Waals surface area contributed by atoms with E-state index in [0.29, 0.717) is 6.29 Å². The normalized spacial score (nSPS) is 11.4. The smallest absolute Gasteiger partial charge is 0.298 e. The fraction of sp³-hybridized carbons (Fsp3) is 0.222. The van der Waals surface area contributed by atoms with Gasteiger partial charge in [-0.05, 0) is 11.6 Å². The van der Waals surface area contributed by atoms with Crippen LogP contribution >= 0.6 is 11.6 Å². The van der Waals surface area contributed by atoms with Crippen molar-refractivity contribution in [2.45, 2.75) is 12.1 Å². The van der Waals surface area contributed by atoms with Gasteiger partial charge in [-0.3, -0.25) is 4.79 Å². The van der Waals surface area contributed by atoms with Crippen molar-refractivity contribution in [2.24, 2.45) is 0 Å². The number of alkyl halides is 4. The van der Waals surface area contributed by atoms with E-state index in [1.54, 1.807) is 0 Å². The van der Waals surface area contributed by atoms with Gasteiger partial charge in [0.1, 0.15) is 6.29 Å². The summed E-state index contributed by atoms with van der Waals surface area (Å²) in [6.45, 7) is 0. The Hall–Kier alpha value is -1.03. The van der Waals surface area contributed by atoms with Crippen LogP contribution < -0.4 is 0 Å². The van der Waals surface area contributed by atoms with Crippen molar-refractivity contribution in [3.63, 3.8) is 0 Å². The van der Waals surface area contributed by atoms with Crippen LogP contribution in [0.15, 0.2) is 18.2 Å². The Morgan fingerprint density at radius 1 is 1.36 bits per heavy atom. The van der Waals surface area contributed by atoms with E-state index in [2.05, 4.69) is 0 Å². The lowest BCUT2D eigenvalue weighted by atomic mass is 10.0. The van der Waals surface area contributed by atoms with Crippen LogP contribution in [0.4, 0.5) is 13.2 Å². The molecule has 0 N–H and O–H groups in total. The molecule has 0 amide bonds. The van der Waals surface area contributed by atoms with Crippen molar-refractivity contribution in [1.82, 2.24) is 0 Å². The first-order valence-corrected chi connectivity index (χ1v) is 4.24. The highest BCUT2D eigenvalue weighted by Gasteiger charge is 2.33. The van der Waals surface area contributed by atoms with Crippen LogP contribution in [0.25, 0.3) is 0 Å². The summed E-state index contributed by atoms with van der Waals surface area (Å²) in [5.74, 6) is -0.330. The fourth-order valence-electron chi connectivity index (χ4n) is 1.13. The summed E-state index contributed by atoms with van der Waals surface area (Å²) in [7, 11) is 0. The van der Waals surface area contributed by atoms with Crippen molar-refractivity contribution in [3.05, 3.63) is 34.9 Å². The average Bonchev–Trinajstić information content (AvgIpc) is 2.15. The van der Waals surface area contributed by atoms with Gasteiger partial charge in [-0.1, -0.05) is 12.1 Å². The summed E-state index contributed by atoms with van der Waals surface area (Å²) in [5.41, 5.74) is -1.04. The van der Waals surface area contributed by atoms with Crippen LogP contribution in [-0.4, -0.2) is 6.29 Å². The van der Waals surface area contributed by atoms with Crippen molar-refractivity contribution >= 4 is 17.9 Å². The maximum absolute atomic E-state index is 12.4. The topological polar surface area (TPSA) is 17.1 Å². The maximum Gasteiger partial charge on any atom is 0.416 e. The molecule has 5 heteroatoms. The molecule has 0 saturated heterocycles. The minimum atomic E-state index is -4.47. The molecule has 1 aromatic rings. The molecule has 1 rings (SSSR count). The predicted octanol–water partition coefficient (Wildman–Crippen LogP) is 3.26. The summed E-state index contributed by atoms with van der Waals surface area (Å²) in [5, 5.41) is 0. The second-order valence-electron chi connectivity index (χ2n) is 2.62. The van der Waals surface area contributed by atoms with Gasteiger partial charge in [-0.25, -0.2) is 0 Å². The first kappa shape index (κ1) is 11.0. The average molecular weight is 223 g/mol. The van der Waals surface area contributed by atoms with Gasteiger partial charge in [0, 0.05) is 11.4 Å². The van der Waals surface area contributed by atoms with E-state index < -0.39 is 11.7 Å². The van der Waals surface area contributed by atoms with Crippen LogP contribution in [0.5, 0.6) is 0 Å². The van der Waals surface area contributed by atoms with Crippen LogP contribution in [0.3, 0.4) is 0 Å². The van der Waals surface area contributed by atoms with Gasteiger partial charge >= 0.3 is 6.18 Å². The lowest BCUT2D eigenvalue weighted by Gasteiger charge is -2.12. The summed E-state index contributed by atoms with van der Waals surface area (Å²) >= 11 is 5.36. The highest BCUT2D eigenvalue weighted by Crippen LogP contribution is 2.33. The molecule has 0 aromatic heterocycles. The SMILES string of the molecule is O=Cc1cccc(C(F)(F)F)c1CCl. The minimum absolute atomic E-state index is 0.0187. The van der Waals surface area contributed by atoms with Gasteiger partial charge in [0.15, 0.2) is 0 Å². The van der Waals surface area contributed by atoms with Crippen molar-refractivity contribution < 1.29 is 18.0 Å². The molecule has 0 aliphatic carbocycles. The molecule has 76 valence electrons. The van der Waals surface area contributed by atoms with Gasteiger partial charge in [0.2, 0.25) is 0 Å². The van der Waals surface area contributed by atoms with Crippen molar-refractivity contribution in [3.8, 4) is 0 Å². The van der Waals surface area contributed by atoms with Gasteiger partial charge in [-0.2, -0.15) is 13.2 Å². The Morgan fingerprint density at radius 2 is 2.00 bits per heavy atom. The molecule has 0 bridgehead atoms. The maximum atomic E-state index is 12.4. The Morgan fingerprint density at radius 3 is 2.43 bits per heavy atom. The van der Waals surface area contributed by atoms with Crippen LogP contribution in [-0.2, 0) is 12.1 Å². The Kier molecular flexibility index (Phi) is 3.16. The zero-order chi connectivity index (χ0) is 10.8. The molecule has 0 atom stereocenters. The Labute approximate surface area is 83.5 Å². The number of carbonyl (C=O) groups is 1. The quantitative estimate of drug-likeness (QED) is 0.555. The molecule has 0 unspecified atom stereocenters. The van der Waals surface area contributed by atoms with E-state index in [-0.39, 0.29) is 17.0 Å². The third-order valence-electron chi connectivity index (χ3n) is 1.78. The fourth-order valence-corrected chi connectivity index (χ4v) is 1.43. The Balaban J connectivity index is 3.36. The lowest BCUT2D eigenvalue weighted by molar-refractivity contribution is -0.138. The molecule has 0 saturated carbocycles. The van der Waals surface area contributed by atoms with Crippen molar-refractivity contribution in [1.29, 1.82) is 0 Å². The largest absolute Gasteiger partial charge is 0.416 e. The minimum Gasteiger partial charge on any atom is -0.298 e. The van der Waals surface area contributed by atoms with Crippen molar-refractivity contribution in [2.75, 3.05) is 0 Å². The number of hydrogen-bond acceptors (Lipinski definition) is 1. The second-order valence-corrected chi connectivity index (χ2v) is 2.89. The molecule has 0 aliphatic rings. The van der Waals surface area contributed by atoms with Gasteiger partial charge < -0.3 is 0 Å². The lowest BCUT2D eigenvalue weighted by Crippen LogP contribution is -2.10. The molecule has 0 spiro atoms. The zero-order valence-corrected chi connectivity index (χ0v) is 7.69. The number of hydrogen-bond donors (Lipinski definition) is 0. The molecular weight excluding hydrogens is 217 g/mol. The summed E-state index contributed by atoms with van der Waals surface area (Å²) in [6.07, 6.45) is -4.10. The molecule has 0 fully saturated rings. The monoisotopic (exact) mass is 222 g/mol. The first-order chi connectivity index (χ1) is 6.50. The number of benzene rings is 1. The van der Waals surface area contributed by atoms with E-state index in [0.717, 1.165) is 6.07 Å². The predicted molar refractivity (Wildman–Crippen MR) is 46.4 cm³/mol. The van der Waals surface area contributed by atoms with Gasteiger partial charge in [0.05, 0.1) is 5.56 Å². The van der Waals surface area contributed by atoms with E-state index in [4.69, 9.17) is 11.6 Å². The molecule has 0 aliphatic heterocycles. The van der Waals surface area contributed by atoms with E-state index in [9.17, 15) is 18.0 Å². The summed E-state index contributed by atoms with van der Waals surface area (Å²) in [6, 6.07) is 3.40. The molecule has 1 aromatic carbocycles. The first-order valence-electron chi connectivity index (χ1n) is 3.71.